The van der Waals surface area contributed by atoms with Crippen molar-refractivity contribution in [3.8, 4) is 0 Å². The molecule has 1 aliphatic carbocycles. The van der Waals surface area contributed by atoms with Crippen LogP contribution in [0.2, 0.25) is 0 Å². The predicted molar refractivity (Wildman–Crippen MR) is 86.2 cm³/mol. The first-order chi connectivity index (χ1) is 10.3. The van der Waals surface area contributed by atoms with Crippen LogP contribution in [0.25, 0.3) is 11.0 Å². The van der Waals surface area contributed by atoms with Crippen LogP contribution in [0.3, 0.4) is 0 Å². The number of aryl methyl sites for hydroxylation is 1. The van der Waals surface area contributed by atoms with Crippen LogP contribution in [0.5, 0.6) is 0 Å². The van der Waals surface area contributed by atoms with E-state index in [2.05, 4.69) is 41.8 Å². The largest absolute Gasteiger partial charge is 0.392 e. The SMILES string of the molecule is CCCn1c(CC(O)C2CC=CCC2)nc2ccccc21. The number of aliphatic hydroxyl groups is 1. The lowest BCUT2D eigenvalue weighted by atomic mass is 9.88. The highest BCUT2D eigenvalue weighted by molar-refractivity contribution is 5.75. The van der Waals surface area contributed by atoms with Crippen molar-refractivity contribution in [2.45, 2.75) is 51.7 Å². The molecule has 3 heteroatoms. The fraction of sp³-hybridized carbons (Fsp3) is 0.500. The number of nitrogens with zero attached hydrogens (tertiary/aromatic N) is 2. The molecule has 112 valence electrons. The van der Waals surface area contributed by atoms with Gasteiger partial charge in [-0.3, -0.25) is 0 Å². The van der Waals surface area contributed by atoms with Gasteiger partial charge < -0.3 is 9.67 Å². The third kappa shape index (κ3) is 3.03. The number of aliphatic hydroxyl groups excluding tert-OH is 1. The van der Waals surface area contributed by atoms with Crippen molar-refractivity contribution in [1.82, 2.24) is 9.55 Å². The highest BCUT2D eigenvalue weighted by Crippen LogP contribution is 2.25. The van der Waals surface area contributed by atoms with Crippen molar-refractivity contribution in [1.29, 1.82) is 0 Å². The molecule has 3 nitrogen and oxygen atoms in total. The second-order valence-corrected chi connectivity index (χ2v) is 5.98. The molecule has 3 rings (SSSR count). The first-order valence-electron chi connectivity index (χ1n) is 8.06. The molecule has 0 radical (unpaired) electrons. The number of allylic oxidation sites excluding steroid dienone is 2. The molecule has 2 unspecified atom stereocenters. The quantitative estimate of drug-likeness (QED) is 0.850. The number of hydrogen-bond donors (Lipinski definition) is 1. The molecular weight excluding hydrogens is 260 g/mol. The van der Waals surface area contributed by atoms with E-state index in [1.165, 1.54) is 5.52 Å². The predicted octanol–water partition coefficient (Wildman–Crippen LogP) is 3.71. The lowest BCUT2D eigenvalue weighted by Gasteiger charge is -2.23. The second-order valence-electron chi connectivity index (χ2n) is 5.98. The standard InChI is InChI=1S/C18H24N2O/c1-2-12-20-16-11-7-6-10-15(16)19-18(20)13-17(21)14-8-4-3-5-9-14/h3-4,6-7,10-11,14,17,21H,2,5,8-9,12-13H2,1H3. The number of rotatable bonds is 5. The molecule has 0 spiro atoms. The fourth-order valence-corrected chi connectivity index (χ4v) is 3.27. The number of aromatic nitrogens is 2. The highest BCUT2D eigenvalue weighted by Gasteiger charge is 2.22. The van der Waals surface area contributed by atoms with E-state index < -0.39 is 0 Å². The Morgan fingerprint density at radius 3 is 2.95 bits per heavy atom. The van der Waals surface area contributed by atoms with Gasteiger partial charge in [0.25, 0.3) is 0 Å². The smallest absolute Gasteiger partial charge is 0.112 e. The summed E-state index contributed by atoms with van der Waals surface area (Å²) in [4.78, 5) is 4.75. The monoisotopic (exact) mass is 284 g/mol. The first kappa shape index (κ1) is 14.3. The number of benzene rings is 1. The van der Waals surface area contributed by atoms with Crippen LogP contribution in [-0.2, 0) is 13.0 Å². The summed E-state index contributed by atoms with van der Waals surface area (Å²) in [5.41, 5.74) is 2.22. The Labute approximate surface area is 126 Å². The third-order valence-corrected chi connectivity index (χ3v) is 4.43. The van der Waals surface area contributed by atoms with Crippen LogP contribution < -0.4 is 0 Å². The average Bonchev–Trinajstić information content (AvgIpc) is 2.86. The van der Waals surface area contributed by atoms with Gasteiger partial charge in [-0.1, -0.05) is 31.2 Å². The minimum Gasteiger partial charge on any atom is -0.392 e. The minimum atomic E-state index is -0.289. The molecule has 1 aromatic heterocycles. The normalized spacial score (nSPS) is 20.0. The van der Waals surface area contributed by atoms with Gasteiger partial charge in [0, 0.05) is 13.0 Å². The molecule has 2 atom stereocenters. The molecule has 0 amide bonds. The average molecular weight is 284 g/mol. The Kier molecular flexibility index (Phi) is 4.39. The summed E-state index contributed by atoms with van der Waals surface area (Å²) in [7, 11) is 0. The highest BCUT2D eigenvalue weighted by atomic mass is 16.3. The number of fused-ring (bicyclic) bond motifs is 1. The zero-order chi connectivity index (χ0) is 14.7. The van der Waals surface area contributed by atoms with Gasteiger partial charge in [0.1, 0.15) is 5.82 Å². The van der Waals surface area contributed by atoms with Crippen LogP contribution in [0, 0.1) is 5.92 Å². The van der Waals surface area contributed by atoms with Gasteiger partial charge in [0.15, 0.2) is 0 Å². The molecule has 0 aliphatic heterocycles. The summed E-state index contributed by atoms with van der Waals surface area (Å²) in [6.07, 6.45) is 9.04. The van der Waals surface area contributed by atoms with Crippen molar-refractivity contribution in [2.75, 3.05) is 0 Å². The first-order valence-corrected chi connectivity index (χ1v) is 8.06. The van der Waals surface area contributed by atoms with E-state index in [9.17, 15) is 5.11 Å². The van der Waals surface area contributed by atoms with Gasteiger partial charge in [0.05, 0.1) is 17.1 Å². The zero-order valence-corrected chi connectivity index (χ0v) is 12.7. The molecule has 0 saturated carbocycles. The van der Waals surface area contributed by atoms with Crippen molar-refractivity contribution in [3.05, 3.63) is 42.2 Å². The van der Waals surface area contributed by atoms with Crippen LogP contribution >= 0.6 is 0 Å². The van der Waals surface area contributed by atoms with Crippen LogP contribution in [0.1, 0.15) is 38.4 Å². The van der Waals surface area contributed by atoms with Crippen molar-refractivity contribution >= 4 is 11.0 Å². The van der Waals surface area contributed by atoms with Crippen LogP contribution in [-0.4, -0.2) is 20.8 Å². The molecule has 1 aliphatic rings. The van der Waals surface area contributed by atoms with Gasteiger partial charge in [-0.25, -0.2) is 4.98 Å². The van der Waals surface area contributed by atoms with Crippen LogP contribution in [0.15, 0.2) is 36.4 Å². The lowest BCUT2D eigenvalue weighted by molar-refractivity contribution is 0.0994. The maximum absolute atomic E-state index is 10.6. The molecule has 0 bridgehead atoms. The molecular formula is C18H24N2O. The van der Waals surface area contributed by atoms with Gasteiger partial charge >= 0.3 is 0 Å². The van der Waals surface area contributed by atoms with Gasteiger partial charge in [-0.15, -0.1) is 0 Å². The summed E-state index contributed by atoms with van der Waals surface area (Å²) >= 11 is 0. The summed E-state index contributed by atoms with van der Waals surface area (Å²) in [6, 6.07) is 8.26. The summed E-state index contributed by atoms with van der Waals surface area (Å²) < 4.78 is 2.28. The van der Waals surface area contributed by atoms with Gasteiger partial charge in [-0.2, -0.15) is 0 Å². The van der Waals surface area contributed by atoms with E-state index in [4.69, 9.17) is 4.98 Å². The van der Waals surface area contributed by atoms with E-state index in [1.807, 2.05) is 6.07 Å². The van der Waals surface area contributed by atoms with Gasteiger partial charge in [0.2, 0.25) is 0 Å². The topological polar surface area (TPSA) is 38.0 Å². The van der Waals surface area contributed by atoms with E-state index in [-0.39, 0.29) is 6.10 Å². The molecule has 21 heavy (non-hydrogen) atoms. The second kappa shape index (κ2) is 6.44. The Balaban J connectivity index is 1.85. The number of imidazole rings is 1. The Bertz CT molecular complexity index is 629. The molecule has 1 N–H and O–H groups in total. The van der Waals surface area contributed by atoms with Crippen molar-refractivity contribution < 1.29 is 5.11 Å². The zero-order valence-electron chi connectivity index (χ0n) is 12.7. The maximum Gasteiger partial charge on any atom is 0.112 e. The molecule has 0 fully saturated rings. The van der Waals surface area contributed by atoms with Crippen molar-refractivity contribution in [3.63, 3.8) is 0 Å². The number of para-hydroxylation sites is 2. The maximum atomic E-state index is 10.6. The van der Waals surface area contributed by atoms with E-state index in [1.54, 1.807) is 0 Å². The lowest BCUT2D eigenvalue weighted by Crippen LogP contribution is -2.25. The van der Waals surface area contributed by atoms with E-state index >= 15 is 0 Å². The molecule has 0 saturated heterocycles. The van der Waals surface area contributed by atoms with E-state index in [0.717, 1.165) is 43.6 Å². The Hall–Kier alpha value is -1.61. The summed E-state index contributed by atoms with van der Waals surface area (Å²) in [6.45, 7) is 3.15. The summed E-state index contributed by atoms with van der Waals surface area (Å²) in [5, 5.41) is 10.6. The van der Waals surface area contributed by atoms with Gasteiger partial charge in [-0.05, 0) is 43.7 Å². The summed E-state index contributed by atoms with van der Waals surface area (Å²) in [5.74, 6) is 1.41. The molecule has 1 aromatic carbocycles. The molecule has 1 heterocycles. The van der Waals surface area contributed by atoms with Crippen molar-refractivity contribution in [2.24, 2.45) is 5.92 Å². The number of hydrogen-bond acceptors (Lipinski definition) is 2. The molecule has 2 aromatic rings. The Morgan fingerprint density at radius 2 is 2.19 bits per heavy atom. The van der Waals surface area contributed by atoms with Crippen LogP contribution in [0.4, 0.5) is 0 Å². The fourth-order valence-electron chi connectivity index (χ4n) is 3.27. The Morgan fingerprint density at radius 1 is 1.33 bits per heavy atom. The van der Waals surface area contributed by atoms with E-state index in [0.29, 0.717) is 12.3 Å². The third-order valence-electron chi connectivity index (χ3n) is 4.43. The minimum absolute atomic E-state index is 0.289.